The van der Waals surface area contributed by atoms with E-state index in [4.69, 9.17) is 26.3 Å². The highest BCUT2D eigenvalue weighted by Crippen LogP contribution is 2.45. The van der Waals surface area contributed by atoms with E-state index in [0.717, 1.165) is 0 Å². The zero-order chi connectivity index (χ0) is 55.3. The Kier molecular flexibility index (Phi) is 2.31. The fourth-order valence-electron chi connectivity index (χ4n) is 5.70. The van der Waals surface area contributed by atoms with Gasteiger partial charge in [-0.1, -0.05) is 139 Å². The summed E-state index contributed by atoms with van der Waals surface area (Å²) < 4.78 is 258. The van der Waals surface area contributed by atoms with Crippen molar-refractivity contribution in [3.63, 3.8) is 0 Å². The lowest BCUT2D eigenvalue weighted by Gasteiger charge is -2.18. The van der Waals surface area contributed by atoms with E-state index in [1.165, 1.54) is 0 Å². The molecule has 0 fully saturated rings. The topological polar surface area (TPSA) is 13.1 Å². The number of rotatable bonds is 3. The van der Waals surface area contributed by atoms with Crippen LogP contribution in [0.25, 0.3) is 98.4 Å². The molecule has 0 aliphatic carbocycles. The molecular weight excluding hydrogens is 569 g/mol. The van der Waals surface area contributed by atoms with Crippen LogP contribution in [-0.2, 0) is 0 Å². The number of hydrogen-bond acceptors (Lipinski definition) is 1. The Morgan fingerprint density at radius 2 is 0.851 bits per heavy atom. The lowest BCUT2D eigenvalue weighted by atomic mass is 9.85. The molecule has 1 aromatic heterocycles. The predicted octanol–water partition coefficient (Wildman–Crippen LogP) is 13.2. The van der Waals surface area contributed by atoms with Crippen LogP contribution < -0.4 is 0 Å². The van der Waals surface area contributed by atoms with Crippen LogP contribution >= 0.6 is 0 Å². The molecule has 9 aromatic carbocycles. The van der Waals surface area contributed by atoms with Crippen LogP contribution in [0, 0.1) is 0 Å². The van der Waals surface area contributed by atoms with Crippen molar-refractivity contribution in [1.29, 1.82) is 0 Å². The van der Waals surface area contributed by atoms with Gasteiger partial charge in [0.2, 0.25) is 0 Å². The molecule has 10 rings (SSSR count). The van der Waals surface area contributed by atoms with E-state index in [1.54, 1.807) is 0 Å². The Morgan fingerprint density at radius 1 is 0.319 bits per heavy atom. The SMILES string of the molecule is [2H]c1c([2H])c(-c2c([2H])c([2H])c3c(oc4c([2H])c([2H])c5c([2H])c([2H])c([2H])c([2H])c5c43)c2[2H])c([2H])c(-c2c3c([2H])c([2H])c([2H])c([2H])c3c(-c3c([2H])c([2H])c4c([2H])c([2H])c([2H])c([2H])c4c3[2H])c3c([2H])c([2H])c([2H])c([2H])c23)c1[2H]. The molecule has 0 spiro atoms. The summed E-state index contributed by atoms with van der Waals surface area (Å²) >= 11 is 0. The van der Waals surface area contributed by atoms with E-state index < -0.39 is 257 Å². The molecule has 1 heteroatoms. The van der Waals surface area contributed by atoms with Crippen molar-refractivity contribution in [2.75, 3.05) is 0 Å². The Morgan fingerprint density at radius 3 is 1.57 bits per heavy atom. The fraction of sp³-hybridized carbons (Fsp3) is 0. The number of fused-ring (bicyclic) bond motifs is 8. The monoisotopic (exact) mass is 624 g/mol. The average Bonchev–Trinajstić information content (AvgIpc) is 3.78. The van der Waals surface area contributed by atoms with Crippen LogP contribution in [0.3, 0.4) is 0 Å². The van der Waals surface area contributed by atoms with Crippen LogP contribution in [0.5, 0.6) is 0 Å². The van der Waals surface area contributed by atoms with Crippen molar-refractivity contribution in [3.8, 4) is 33.4 Å². The first-order chi connectivity index (χ1) is 35.0. The van der Waals surface area contributed by atoms with Crippen molar-refractivity contribution < 1.29 is 42.8 Å². The van der Waals surface area contributed by atoms with Gasteiger partial charge in [-0.2, -0.15) is 0 Å². The summed E-state index contributed by atoms with van der Waals surface area (Å²) in [5.41, 5.74) is -6.04. The van der Waals surface area contributed by atoms with Crippen LogP contribution in [-0.4, -0.2) is 0 Å². The quantitative estimate of drug-likeness (QED) is 0.178. The maximum atomic E-state index is 9.86. The van der Waals surface area contributed by atoms with Gasteiger partial charge >= 0.3 is 0 Å². The van der Waals surface area contributed by atoms with Gasteiger partial charge in [-0.25, -0.2) is 0 Å². The summed E-state index contributed by atoms with van der Waals surface area (Å²) in [6.07, 6.45) is 0. The minimum absolute atomic E-state index is 0.343. The molecule has 0 saturated heterocycles. The van der Waals surface area contributed by atoms with Gasteiger partial charge in [-0.15, -0.1) is 0 Å². The first kappa shape index (κ1) is 10.7. The fourth-order valence-corrected chi connectivity index (χ4v) is 5.70. The third-order valence-electron chi connectivity index (χ3n) is 7.70. The van der Waals surface area contributed by atoms with E-state index in [1.807, 2.05) is 0 Å². The van der Waals surface area contributed by atoms with Crippen molar-refractivity contribution in [3.05, 3.63) is 169 Å². The zero-order valence-electron chi connectivity index (χ0n) is 51.4. The van der Waals surface area contributed by atoms with Gasteiger partial charge in [-0.3, -0.25) is 0 Å². The van der Waals surface area contributed by atoms with Crippen LogP contribution in [0.1, 0.15) is 38.4 Å². The molecular formula is C46H28O. The van der Waals surface area contributed by atoms with Crippen molar-refractivity contribution in [2.45, 2.75) is 0 Å². The Bertz CT molecular complexity index is 4360. The highest BCUT2D eigenvalue weighted by atomic mass is 16.3. The maximum Gasteiger partial charge on any atom is 0.136 e. The second-order valence-corrected chi connectivity index (χ2v) is 10.3. The summed E-state index contributed by atoms with van der Waals surface area (Å²) in [5.74, 6) is 0. The molecule has 0 atom stereocenters. The molecule has 47 heavy (non-hydrogen) atoms. The van der Waals surface area contributed by atoms with Gasteiger partial charge < -0.3 is 4.42 Å². The van der Waals surface area contributed by atoms with E-state index in [9.17, 15) is 16.4 Å². The average molecular weight is 625 g/mol. The van der Waals surface area contributed by atoms with E-state index >= 15 is 0 Å². The third-order valence-corrected chi connectivity index (χ3v) is 7.70. The summed E-state index contributed by atoms with van der Waals surface area (Å²) in [6.45, 7) is 0. The number of hydrogen-bond donors (Lipinski definition) is 0. The van der Waals surface area contributed by atoms with Crippen LogP contribution in [0.15, 0.2) is 174 Å². The molecule has 0 N–H and O–H groups in total. The zero-order valence-corrected chi connectivity index (χ0v) is 23.4. The lowest BCUT2D eigenvalue weighted by molar-refractivity contribution is 0.669. The molecule has 0 unspecified atom stereocenters. The second-order valence-electron chi connectivity index (χ2n) is 10.3. The Labute approximate surface area is 311 Å². The summed E-state index contributed by atoms with van der Waals surface area (Å²) in [4.78, 5) is 0. The van der Waals surface area contributed by atoms with Gasteiger partial charge in [0.05, 0.1) is 38.4 Å². The van der Waals surface area contributed by atoms with Crippen molar-refractivity contribution >= 4 is 65.0 Å². The molecule has 1 heterocycles. The molecule has 218 valence electrons. The minimum atomic E-state index is -1.09. The third kappa shape index (κ3) is 4.03. The van der Waals surface area contributed by atoms with Crippen molar-refractivity contribution in [1.82, 2.24) is 0 Å². The van der Waals surface area contributed by atoms with Gasteiger partial charge in [0.25, 0.3) is 0 Å². The largest absolute Gasteiger partial charge is 0.456 e. The summed E-state index contributed by atoms with van der Waals surface area (Å²) in [5, 5.41) is -5.86. The minimum Gasteiger partial charge on any atom is -0.456 e. The normalized spacial score (nSPS) is 20.2. The highest BCUT2D eigenvalue weighted by Gasteiger charge is 2.18. The molecule has 1 nitrogen and oxygen atoms in total. The van der Waals surface area contributed by atoms with Gasteiger partial charge in [-0.05, 0) is 107 Å². The molecule has 0 aliphatic heterocycles. The first-order valence-electron chi connectivity index (χ1n) is 27.9. The number of benzene rings is 9. The molecule has 0 saturated carbocycles. The Hall–Kier alpha value is -6.18. The molecule has 0 amide bonds. The van der Waals surface area contributed by atoms with Crippen LogP contribution in [0.4, 0.5) is 0 Å². The molecule has 0 aliphatic rings. The van der Waals surface area contributed by atoms with Gasteiger partial charge in [0.15, 0.2) is 0 Å². The Balaban J connectivity index is 1.44. The molecule has 0 radical (unpaired) electrons. The van der Waals surface area contributed by atoms with Gasteiger partial charge in [0.1, 0.15) is 11.2 Å². The summed E-state index contributed by atoms with van der Waals surface area (Å²) in [7, 11) is 0. The van der Waals surface area contributed by atoms with Crippen molar-refractivity contribution in [2.24, 2.45) is 0 Å². The second kappa shape index (κ2) is 10.2. The highest BCUT2D eigenvalue weighted by molar-refractivity contribution is 6.22. The van der Waals surface area contributed by atoms with Crippen LogP contribution in [0.2, 0.25) is 0 Å². The summed E-state index contributed by atoms with van der Waals surface area (Å²) in [6, 6.07) is -25.6. The van der Waals surface area contributed by atoms with E-state index in [-0.39, 0.29) is 10.8 Å². The smallest absolute Gasteiger partial charge is 0.136 e. The first-order valence-corrected chi connectivity index (χ1v) is 13.9. The maximum absolute atomic E-state index is 9.86. The van der Waals surface area contributed by atoms with Gasteiger partial charge in [0, 0.05) is 10.8 Å². The standard InChI is InChI=1S/C46H28O/c1-2-12-31-26-35(21-20-29(31)10-1)45-39-18-7-5-16-37(39)44(38-17-6-8-19-40(38)45)34-14-9-13-32(27-34)33-22-24-41-43(28-33)47-42-25-23-30-11-3-4-15-36(30)46(41)42/h1-28H/i1D,2D,3D,4D,5D,6D,7D,8D,9D,10D,11D,12D,13D,14D,15D,16D,17D,18D,19D,20D,21D,22D,23D,24D,25D,26D,27D,28D. The molecule has 10 aromatic rings. The lowest BCUT2D eigenvalue weighted by Crippen LogP contribution is -1.91. The van der Waals surface area contributed by atoms with E-state index in [2.05, 4.69) is 0 Å². The number of furan rings is 1. The molecule has 0 bridgehead atoms. The predicted molar refractivity (Wildman–Crippen MR) is 200 cm³/mol. The van der Waals surface area contributed by atoms with E-state index in [0.29, 0.717) is 0 Å².